The third kappa shape index (κ3) is 8.19. The second-order valence-corrected chi connectivity index (χ2v) is 12.6. The van der Waals surface area contributed by atoms with E-state index in [1.165, 1.54) is 36.2 Å². The molecular formula is C28H30Cl3N3O4S. The van der Waals surface area contributed by atoms with E-state index in [-0.39, 0.29) is 29.8 Å². The molecule has 0 spiro atoms. The van der Waals surface area contributed by atoms with Crippen molar-refractivity contribution in [3.63, 3.8) is 0 Å². The van der Waals surface area contributed by atoms with Crippen molar-refractivity contribution in [2.75, 3.05) is 13.6 Å². The molecule has 2 amide bonds. The minimum Gasteiger partial charge on any atom is -0.352 e. The van der Waals surface area contributed by atoms with E-state index in [2.05, 4.69) is 5.32 Å². The summed E-state index contributed by atoms with van der Waals surface area (Å²) in [5.41, 5.74) is 1.28. The average Bonchev–Trinajstić information content (AvgIpc) is 2.88. The highest BCUT2D eigenvalue weighted by atomic mass is 35.5. The predicted octanol–water partition coefficient (Wildman–Crippen LogP) is 5.43. The van der Waals surface area contributed by atoms with Gasteiger partial charge in [0.1, 0.15) is 6.04 Å². The zero-order chi connectivity index (χ0) is 28.7. The lowest BCUT2D eigenvalue weighted by atomic mass is 10.0. The van der Waals surface area contributed by atoms with Crippen LogP contribution in [0.15, 0.2) is 77.7 Å². The fourth-order valence-electron chi connectivity index (χ4n) is 3.94. The Labute approximate surface area is 244 Å². The van der Waals surface area contributed by atoms with Gasteiger partial charge in [0.2, 0.25) is 21.8 Å². The molecule has 0 fully saturated rings. The molecule has 0 aliphatic heterocycles. The van der Waals surface area contributed by atoms with Gasteiger partial charge in [0.15, 0.2) is 0 Å². The second kappa shape index (κ2) is 13.6. The van der Waals surface area contributed by atoms with Gasteiger partial charge in [0.25, 0.3) is 0 Å². The predicted molar refractivity (Wildman–Crippen MR) is 155 cm³/mol. The zero-order valence-electron chi connectivity index (χ0n) is 21.8. The minimum absolute atomic E-state index is 0.0127. The Morgan fingerprint density at radius 1 is 0.872 bits per heavy atom. The maximum Gasteiger partial charge on any atom is 0.243 e. The van der Waals surface area contributed by atoms with Crippen molar-refractivity contribution in [1.82, 2.24) is 14.5 Å². The molecule has 3 aromatic carbocycles. The maximum absolute atomic E-state index is 13.9. The van der Waals surface area contributed by atoms with Crippen LogP contribution in [0.4, 0.5) is 0 Å². The van der Waals surface area contributed by atoms with Gasteiger partial charge in [-0.1, -0.05) is 71.2 Å². The summed E-state index contributed by atoms with van der Waals surface area (Å²) in [5, 5.41) is 3.92. The highest BCUT2D eigenvalue weighted by Crippen LogP contribution is 2.27. The number of carbonyl (C=O) groups is 2. The molecule has 0 saturated carbocycles. The quantitative estimate of drug-likeness (QED) is 0.314. The van der Waals surface area contributed by atoms with E-state index in [0.29, 0.717) is 20.6 Å². The van der Waals surface area contributed by atoms with E-state index >= 15 is 0 Å². The van der Waals surface area contributed by atoms with Crippen molar-refractivity contribution in [1.29, 1.82) is 0 Å². The van der Waals surface area contributed by atoms with Crippen molar-refractivity contribution in [2.45, 2.75) is 43.8 Å². The van der Waals surface area contributed by atoms with Crippen LogP contribution in [0.2, 0.25) is 15.1 Å². The van der Waals surface area contributed by atoms with E-state index in [4.69, 9.17) is 34.8 Å². The first kappa shape index (κ1) is 30.9. The van der Waals surface area contributed by atoms with E-state index < -0.39 is 28.5 Å². The number of carbonyl (C=O) groups excluding carboxylic acids is 2. The molecule has 0 bridgehead atoms. The fourth-order valence-corrected chi connectivity index (χ4v) is 5.70. The SMILES string of the molecule is CC(C)NC(=O)[C@H](Cc1ccccc1)N(Cc1c(Cl)cccc1Cl)C(=O)CN(C)S(=O)(=O)c1ccc(Cl)cc1. The summed E-state index contributed by atoms with van der Waals surface area (Å²) < 4.78 is 27.3. The van der Waals surface area contributed by atoms with Crippen molar-refractivity contribution in [3.8, 4) is 0 Å². The van der Waals surface area contributed by atoms with E-state index in [1.807, 2.05) is 44.2 Å². The average molecular weight is 611 g/mol. The first-order valence-electron chi connectivity index (χ1n) is 12.2. The Kier molecular flexibility index (Phi) is 10.8. The summed E-state index contributed by atoms with van der Waals surface area (Å²) in [4.78, 5) is 28.7. The monoisotopic (exact) mass is 609 g/mol. The van der Waals surface area contributed by atoms with Crippen LogP contribution >= 0.6 is 34.8 Å². The molecule has 1 atom stereocenters. The van der Waals surface area contributed by atoms with Gasteiger partial charge in [-0.3, -0.25) is 9.59 Å². The van der Waals surface area contributed by atoms with Crippen LogP contribution in [-0.2, 0) is 32.6 Å². The van der Waals surface area contributed by atoms with Gasteiger partial charge < -0.3 is 10.2 Å². The molecule has 3 aromatic rings. The molecule has 0 aromatic heterocycles. The second-order valence-electron chi connectivity index (χ2n) is 9.31. The van der Waals surface area contributed by atoms with Gasteiger partial charge in [-0.05, 0) is 55.8 Å². The Hall–Kier alpha value is -2.62. The third-order valence-electron chi connectivity index (χ3n) is 5.97. The van der Waals surface area contributed by atoms with Gasteiger partial charge in [-0.2, -0.15) is 4.31 Å². The molecule has 0 radical (unpaired) electrons. The number of nitrogens with zero attached hydrogens (tertiary/aromatic N) is 2. The molecule has 0 heterocycles. The lowest BCUT2D eigenvalue weighted by molar-refractivity contribution is -0.141. The lowest BCUT2D eigenvalue weighted by Crippen LogP contribution is -2.54. The van der Waals surface area contributed by atoms with Crippen molar-refractivity contribution in [3.05, 3.63) is 99.0 Å². The van der Waals surface area contributed by atoms with Crippen LogP contribution < -0.4 is 5.32 Å². The van der Waals surface area contributed by atoms with E-state index in [9.17, 15) is 18.0 Å². The van der Waals surface area contributed by atoms with Crippen LogP contribution in [0.1, 0.15) is 25.0 Å². The largest absolute Gasteiger partial charge is 0.352 e. The van der Waals surface area contributed by atoms with Crippen LogP contribution in [-0.4, -0.2) is 55.1 Å². The van der Waals surface area contributed by atoms with Crippen LogP contribution in [0.25, 0.3) is 0 Å². The normalized spacial score (nSPS) is 12.4. The molecule has 0 unspecified atom stereocenters. The lowest BCUT2D eigenvalue weighted by Gasteiger charge is -2.33. The summed E-state index contributed by atoms with van der Waals surface area (Å²) in [6.45, 7) is 3.02. The van der Waals surface area contributed by atoms with Crippen molar-refractivity contribution < 1.29 is 18.0 Å². The summed E-state index contributed by atoms with van der Waals surface area (Å²) in [6.07, 6.45) is 0.195. The maximum atomic E-state index is 13.9. The highest BCUT2D eigenvalue weighted by molar-refractivity contribution is 7.89. The number of nitrogens with one attached hydrogen (secondary N) is 1. The zero-order valence-corrected chi connectivity index (χ0v) is 24.9. The molecule has 39 heavy (non-hydrogen) atoms. The minimum atomic E-state index is -4.02. The van der Waals surface area contributed by atoms with Gasteiger partial charge in [0, 0.05) is 46.7 Å². The van der Waals surface area contributed by atoms with Gasteiger partial charge >= 0.3 is 0 Å². The van der Waals surface area contributed by atoms with E-state index in [0.717, 1.165) is 9.87 Å². The molecule has 11 heteroatoms. The number of amides is 2. The van der Waals surface area contributed by atoms with Crippen LogP contribution in [0.3, 0.4) is 0 Å². The molecular weight excluding hydrogens is 581 g/mol. The number of halogens is 3. The molecule has 0 saturated heterocycles. The van der Waals surface area contributed by atoms with Crippen LogP contribution in [0.5, 0.6) is 0 Å². The number of benzene rings is 3. The van der Waals surface area contributed by atoms with Gasteiger partial charge in [-0.15, -0.1) is 0 Å². The molecule has 208 valence electrons. The summed E-state index contributed by atoms with van der Waals surface area (Å²) in [5.74, 6) is -0.973. The van der Waals surface area contributed by atoms with E-state index in [1.54, 1.807) is 18.2 Å². The highest BCUT2D eigenvalue weighted by Gasteiger charge is 2.34. The van der Waals surface area contributed by atoms with Crippen LogP contribution in [0, 0.1) is 0 Å². The Balaban J connectivity index is 2.02. The smallest absolute Gasteiger partial charge is 0.243 e. The number of sulfonamides is 1. The number of likely N-dealkylation sites (N-methyl/N-ethyl adjacent to an activating group) is 1. The van der Waals surface area contributed by atoms with Crippen molar-refractivity contribution in [2.24, 2.45) is 0 Å². The molecule has 0 aliphatic carbocycles. The standard InChI is InChI=1S/C28H30Cl3N3O4S/c1-19(2)32-28(36)26(16-20-8-5-4-6-9-20)34(17-23-24(30)10-7-11-25(23)31)27(35)18-33(3)39(37,38)22-14-12-21(29)13-15-22/h4-15,19,26H,16-18H2,1-3H3,(H,32,36)/t26-/m0/s1. The molecule has 1 N–H and O–H groups in total. The molecule has 0 aliphatic rings. The first-order chi connectivity index (χ1) is 18.4. The summed E-state index contributed by atoms with van der Waals surface area (Å²) in [7, 11) is -2.71. The Bertz CT molecular complexity index is 1380. The summed E-state index contributed by atoms with van der Waals surface area (Å²) >= 11 is 18.8. The van der Waals surface area contributed by atoms with Crippen molar-refractivity contribution >= 4 is 56.6 Å². The molecule has 7 nitrogen and oxygen atoms in total. The Morgan fingerprint density at radius 2 is 1.46 bits per heavy atom. The van der Waals surface area contributed by atoms with Gasteiger partial charge in [0.05, 0.1) is 11.4 Å². The fraction of sp³-hybridized carbons (Fsp3) is 0.286. The van der Waals surface area contributed by atoms with Gasteiger partial charge in [-0.25, -0.2) is 8.42 Å². The molecule has 3 rings (SSSR count). The number of rotatable bonds is 11. The number of hydrogen-bond acceptors (Lipinski definition) is 4. The summed E-state index contributed by atoms with van der Waals surface area (Å²) in [6, 6.07) is 18.7. The Morgan fingerprint density at radius 3 is 2.03 bits per heavy atom. The first-order valence-corrected chi connectivity index (χ1v) is 14.8. The third-order valence-corrected chi connectivity index (χ3v) is 8.75. The topological polar surface area (TPSA) is 86.8 Å². The number of hydrogen-bond donors (Lipinski definition) is 1.